The normalized spacial score (nSPS) is 12.3. The van der Waals surface area contributed by atoms with Crippen LogP contribution < -0.4 is 4.90 Å². The second-order valence-corrected chi connectivity index (χ2v) is 10.4. The van der Waals surface area contributed by atoms with Gasteiger partial charge in [0, 0.05) is 19.8 Å². The van der Waals surface area contributed by atoms with Gasteiger partial charge >= 0.3 is 11.9 Å². The second-order valence-electron chi connectivity index (χ2n) is 8.54. The van der Waals surface area contributed by atoms with Crippen molar-refractivity contribution in [2.75, 3.05) is 33.2 Å². The van der Waals surface area contributed by atoms with Gasteiger partial charge in [-0.05, 0) is 54.4 Å². The Hall–Kier alpha value is -3.76. The molecule has 0 saturated heterocycles. The van der Waals surface area contributed by atoms with Crippen molar-refractivity contribution in [3.63, 3.8) is 0 Å². The molecule has 1 unspecified atom stereocenters. The van der Waals surface area contributed by atoms with Crippen molar-refractivity contribution in [1.82, 2.24) is 4.31 Å². The number of rotatable bonds is 9. The van der Waals surface area contributed by atoms with Gasteiger partial charge in [0.1, 0.15) is 5.82 Å². The van der Waals surface area contributed by atoms with Crippen molar-refractivity contribution in [1.29, 1.82) is 0 Å². The van der Waals surface area contributed by atoms with Crippen LogP contribution in [0.15, 0.2) is 77.7 Å². The Labute approximate surface area is 216 Å². The molecule has 10 heteroatoms. The lowest BCUT2D eigenvalue weighted by Gasteiger charge is -2.35. The number of ether oxygens (including phenoxy) is 2. The maximum atomic E-state index is 14.2. The molecule has 0 aliphatic heterocycles. The minimum absolute atomic E-state index is 0.145. The number of esters is 2. The molecule has 3 rings (SSSR count). The van der Waals surface area contributed by atoms with E-state index in [9.17, 15) is 22.4 Å². The molecule has 3 aromatic carbocycles. The van der Waals surface area contributed by atoms with Gasteiger partial charge in [-0.1, -0.05) is 42.0 Å². The first-order valence-corrected chi connectivity index (χ1v) is 12.7. The monoisotopic (exact) mass is 528 g/mol. The lowest BCUT2D eigenvalue weighted by atomic mass is 9.97. The number of aryl methyl sites for hydroxylation is 1. The summed E-state index contributed by atoms with van der Waals surface area (Å²) in [6.45, 7) is 1.80. The average molecular weight is 529 g/mol. The first-order valence-electron chi connectivity index (χ1n) is 11.3. The molecular weight excluding hydrogens is 499 g/mol. The number of sulfonamides is 1. The smallest absolute Gasteiger partial charge is 0.335 e. The lowest BCUT2D eigenvalue weighted by Crippen LogP contribution is -2.52. The summed E-state index contributed by atoms with van der Waals surface area (Å²) in [6.07, 6.45) is 0. The van der Waals surface area contributed by atoms with Crippen molar-refractivity contribution >= 4 is 27.6 Å². The van der Waals surface area contributed by atoms with Crippen LogP contribution in [0.25, 0.3) is 0 Å². The quantitative estimate of drug-likeness (QED) is 0.309. The Bertz CT molecular complexity index is 1330. The van der Waals surface area contributed by atoms with Crippen LogP contribution in [0.3, 0.4) is 0 Å². The highest BCUT2D eigenvalue weighted by atomic mass is 32.2. The highest BCUT2D eigenvalue weighted by Crippen LogP contribution is 2.37. The topological polar surface area (TPSA) is 93.2 Å². The maximum absolute atomic E-state index is 14.2. The number of halogens is 1. The van der Waals surface area contributed by atoms with E-state index in [1.807, 2.05) is 19.0 Å². The van der Waals surface area contributed by atoms with Gasteiger partial charge in [-0.3, -0.25) is 0 Å². The van der Waals surface area contributed by atoms with E-state index in [1.165, 1.54) is 36.4 Å². The first-order chi connectivity index (χ1) is 17.5. The van der Waals surface area contributed by atoms with Gasteiger partial charge in [-0.15, -0.1) is 0 Å². The van der Waals surface area contributed by atoms with Gasteiger partial charge in [-0.2, -0.15) is 4.31 Å². The van der Waals surface area contributed by atoms with E-state index in [0.29, 0.717) is 11.1 Å². The number of hydrogen-bond donors (Lipinski definition) is 0. The van der Waals surface area contributed by atoms with Crippen molar-refractivity contribution in [2.24, 2.45) is 0 Å². The average Bonchev–Trinajstić information content (AvgIpc) is 2.89. The summed E-state index contributed by atoms with van der Waals surface area (Å²) >= 11 is 0. The number of carbonyl (C=O) groups excluding carboxylic acids is 2. The molecule has 1 atom stereocenters. The first kappa shape index (κ1) is 27.8. The van der Waals surface area contributed by atoms with Gasteiger partial charge in [0.05, 0.1) is 25.2 Å². The third-order valence-electron chi connectivity index (χ3n) is 5.87. The molecule has 0 saturated carbocycles. The molecule has 0 N–H and O–H groups in total. The predicted octanol–water partition coefficient (Wildman–Crippen LogP) is 3.70. The van der Waals surface area contributed by atoms with Gasteiger partial charge in [-0.25, -0.2) is 22.4 Å². The van der Waals surface area contributed by atoms with E-state index >= 15 is 0 Å². The van der Waals surface area contributed by atoms with Gasteiger partial charge in [0.15, 0.2) is 0 Å². The van der Waals surface area contributed by atoms with E-state index in [2.05, 4.69) is 0 Å². The summed E-state index contributed by atoms with van der Waals surface area (Å²) in [5.41, 5.74) is 2.42. The standard InChI is InChI=1S/C27H29FN2O6S/c1-18-6-16-23(17-7-18)37(33,34)30(25(26(31)35-4)27(32)36-5)24(19-8-12-21(28)13-9-19)20-10-14-22(15-11-20)29(2)3/h6-17,24-25H,1-5H3. The summed E-state index contributed by atoms with van der Waals surface area (Å²) in [5.74, 6) is -2.78. The minimum atomic E-state index is -4.53. The third kappa shape index (κ3) is 5.98. The Kier molecular flexibility index (Phi) is 8.67. The molecule has 0 aliphatic rings. The van der Waals surface area contributed by atoms with Crippen LogP contribution in [0.5, 0.6) is 0 Å². The molecular formula is C27H29FN2O6S. The van der Waals surface area contributed by atoms with Crippen molar-refractivity contribution in [3.8, 4) is 0 Å². The van der Waals surface area contributed by atoms with Gasteiger partial charge < -0.3 is 14.4 Å². The number of nitrogens with zero attached hydrogens (tertiary/aromatic N) is 2. The molecule has 0 heterocycles. The largest absolute Gasteiger partial charge is 0.467 e. The number of anilines is 1. The number of hydrogen-bond acceptors (Lipinski definition) is 7. The van der Waals surface area contributed by atoms with Crippen molar-refractivity contribution in [2.45, 2.75) is 23.9 Å². The number of methoxy groups -OCH3 is 2. The van der Waals surface area contributed by atoms with Crippen LogP contribution in [0, 0.1) is 12.7 Å². The Morgan fingerprint density at radius 2 is 1.24 bits per heavy atom. The molecule has 0 amide bonds. The highest BCUT2D eigenvalue weighted by Gasteiger charge is 2.47. The Morgan fingerprint density at radius 3 is 1.68 bits per heavy atom. The molecule has 3 aromatic rings. The highest BCUT2D eigenvalue weighted by molar-refractivity contribution is 7.89. The lowest BCUT2D eigenvalue weighted by molar-refractivity contribution is -0.158. The van der Waals surface area contributed by atoms with E-state index in [-0.39, 0.29) is 4.90 Å². The van der Waals surface area contributed by atoms with E-state index in [1.54, 1.807) is 43.3 Å². The minimum Gasteiger partial charge on any atom is -0.467 e. The van der Waals surface area contributed by atoms with E-state index in [0.717, 1.165) is 29.8 Å². The number of benzene rings is 3. The van der Waals surface area contributed by atoms with E-state index in [4.69, 9.17) is 9.47 Å². The molecule has 196 valence electrons. The zero-order valence-corrected chi connectivity index (χ0v) is 22.0. The molecule has 37 heavy (non-hydrogen) atoms. The summed E-state index contributed by atoms with van der Waals surface area (Å²) in [6, 6.07) is 14.9. The predicted molar refractivity (Wildman–Crippen MR) is 137 cm³/mol. The molecule has 0 spiro atoms. The summed E-state index contributed by atoms with van der Waals surface area (Å²) in [5, 5.41) is 0. The maximum Gasteiger partial charge on any atom is 0.335 e. The van der Waals surface area contributed by atoms with Crippen molar-refractivity contribution in [3.05, 3.63) is 95.3 Å². The summed E-state index contributed by atoms with van der Waals surface area (Å²) in [4.78, 5) is 27.6. The van der Waals surface area contributed by atoms with Gasteiger partial charge in [0.25, 0.3) is 0 Å². The summed E-state index contributed by atoms with van der Waals surface area (Å²) < 4.78 is 52.7. The zero-order chi connectivity index (χ0) is 27.3. The second kappa shape index (κ2) is 11.5. The van der Waals surface area contributed by atoms with Crippen LogP contribution in [0.2, 0.25) is 0 Å². The summed E-state index contributed by atoms with van der Waals surface area (Å²) in [7, 11) is 1.27. The molecule has 0 fully saturated rings. The Morgan fingerprint density at radius 1 is 0.784 bits per heavy atom. The molecule has 0 radical (unpaired) electrons. The fraction of sp³-hybridized carbons (Fsp3) is 0.259. The fourth-order valence-electron chi connectivity index (χ4n) is 3.87. The fourth-order valence-corrected chi connectivity index (χ4v) is 5.57. The van der Waals surface area contributed by atoms with E-state index < -0.39 is 39.9 Å². The zero-order valence-electron chi connectivity index (χ0n) is 21.2. The van der Waals surface area contributed by atoms with Crippen molar-refractivity contribution < 1.29 is 31.9 Å². The SMILES string of the molecule is COC(=O)C(C(=O)OC)N(C(c1ccc(F)cc1)c1ccc(N(C)C)cc1)S(=O)(=O)c1ccc(C)cc1. The molecule has 0 aromatic heterocycles. The number of carbonyl (C=O) groups is 2. The Balaban J connectivity index is 2.37. The van der Waals surface area contributed by atoms with Crippen LogP contribution >= 0.6 is 0 Å². The third-order valence-corrected chi connectivity index (χ3v) is 7.71. The molecule has 0 bridgehead atoms. The van der Waals surface area contributed by atoms with Crippen LogP contribution in [-0.2, 0) is 29.1 Å². The van der Waals surface area contributed by atoms with Crippen LogP contribution in [0.4, 0.5) is 10.1 Å². The van der Waals surface area contributed by atoms with Gasteiger partial charge in [0.2, 0.25) is 16.1 Å². The van der Waals surface area contributed by atoms with Crippen LogP contribution in [-0.4, -0.2) is 59.0 Å². The molecule has 0 aliphatic carbocycles. The van der Waals surface area contributed by atoms with Crippen LogP contribution in [0.1, 0.15) is 22.7 Å². The molecule has 8 nitrogen and oxygen atoms in total.